The molecule has 7 nitrogen and oxygen atoms in total. The van der Waals surface area contributed by atoms with E-state index >= 15 is 0 Å². The summed E-state index contributed by atoms with van der Waals surface area (Å²) in [5, 5.41) is 15.6. The number of piperidine rings is 2. The van der Waals surface area contributed by atoms with Crippen LogP contribution in [0.5, 0.6) is 0 Å². The van der Waals surface area contributed by atoms with Crippen molar-refractivity contribution in [1.82, 2.24) is 5.32 Å². The van der Waals surface area contributed by atoms with Crippen molar-refractivity contribution >= 4 is 40.6 Å². The van der Waals surface area contributed by atoms with Gasteiger partial charge >= 0.3 is 6.03 Å². The Labute approximate surface area is 193 Å². The van der Waals surface area contributed by atoms with E-state index in [1.165, 1.54) is 0 Å². The highest BCUT2D eigenvalue weighted by atomic mass is 35.5. The Hall–Kier alpha value is -2.77. The lowest BCUT2D eigenvalue weighted by atomic mass is 9.98. The fourth-order valence-electron chi connectivity index (χ4n) is 4.42. The fourth-order valence-corrected chi connectivity index (χ4v) is 4.54. The summed E-state index contributed by atoms with van der Waals surface area (Å²) in [7, 11) is 0. The minimum absolute atomic E-state index is 0.103. The first-order valence-corrected chi connectivity index (χ1v) is 11.5. The van der Waals surface area contributed by atoms with Gasteiger partial charge in [0.1, 0.15) is 6.04 Å². The van der Waals surface area contributed by atoms with Crippen molar-refractivity contribution in [1.29, 1.82) is 0 Å². The summed E-state index contributed by atoms with van der Waals surface area (Å²) in [6.45, 7) is 2.68. The first kappa shape index (κ1) is 22.4. The van der Waals surface area contributed by atoms with Crippen LogP contribution in [-0.2, 0) is 4.79 Å². The maximum Gasteiger partial charge on any atom is 0.319 e. The van der Waals surface area contributed by atoms with Crippen LogP contribution in [0.25, 0.3) is 0 Å². The summed E-state index contributed by atoms with van der Waals surface area (Å²) in [5.41, 5.74) is 2.55. The first-order chi connectivity index (χ1) is 15.5. The monoisotopic (exact) mass is 456 g/mol. The number of anilines is 3. The molecule has 3 amide bonds. The van der Waals surface area contributed by atoms with E-state index in [2.05, 4.69) is 15.5 Å². The molecule has 0 spiro atoms. The number of nitrogens with one attached hydrogen (secondary N) is 2. The minimum atomic E-state index is -0.567. The number of carbonyl (C=O) groups is 2. The smallest absolute Gasteiger partial charge is 0.319 e. The van der Waals surface area contributed by atoms with E-state index in [-0.39, 0.29) is 12.5 Å². The van der Waals surface area contributed by atoms with Crippen LogP contribution < -0.4 is 20.4 Å². The highest BCUT2D eigenvalue weighted by molar-refractivity contribution is 6.30. The normalized spacial score (nSPS) is 21.4. The average Bonchev–Trinajstić information content (AvgIpc) is 2.82. The number of aliphatic hydroxyl groups is 1. The molecule has 2 atom stereocenters. The van der Waals surface area contributed by atoms with Gasteiger partial charge in [0.05, 0.1) is 0 Å². The number of amides is 3. The van der Waals surface area contributed by atoms with E-state index in [4.69, 9.17) is 11.6 Å². The third-order valence-electron chi connectivity index (χ3n) is 6.15. The molecular weight excluding hydrogens is 428 g/mol. The van der Waals surface area contributed by atoms with Gasteiger partial charge in [-0.3, -0.25) is 4.79 Å². The number of carbonyl (C=O) groups excluding carboxylic acids is 2. The molecule has 8 heteroatoms. The molecule has 2 aliphatic rings. The summed E-state index contributed by atoms with van der Waals surface area (Å²) < 4.78 is 0. The Bertz CT molecular complexity index is 935. The van der Waals surface area contributed by atoms with Crippen LogP contribution in [0, 0.1) is 5.92 Å². The van der Waals surface area contributed by atoms with Crippen LogP contribution in [-0.4, -0.2) is 49.3 Å². The summed E-state index contributed by atoms with van der Waals surface area (Å²) in [5.74, 6) is 0.214. The first-order valence-electron chi connectivity index (χ1n) is 11.1. The Morgan fingerprint density at radius 2 is 1.69 bits per heavy atom. The standard InChI is InChI=1S/C24H29ClN4O3/c25-18-5-7-19(8-6-18)26-24(32)27-22-4-2-14-29(23(22)31)21-11-9-20(10-12-21)28-13-1-3-17(15-28)16-30/h5-12,17,22,30H,1-4,13-16H2,(H2,26,27,32)/t17?,22-/m1/s1. The summed E-state index contributed by atoms with van der Waals surface area (Å²) in [4.78, 5) is 29.5. The second kappa shape index (κ2) is 10.2. The number of hydrogen-bond acceptors (Lipinski definition) is 4. The van der Waals surface area contributed by atoms with Crippen LogP contribution in [0.15, 0.2) is 48.5 Å². The second-order valence-corrected chi connectivity index (χ2v) is 8.88. The highest BCUT2D eigenvalue weighted by Gasteiger charge is 2.31. The number of aliphatic hydroxyl groups excluding tert-OH is 1. The third kappa shape index (κ3) is 5.34. The van der Waals surface area contributed by atoms with Gasteiger partial charge in [0.15, 0.2) is 0 Å². The third-order valence-corrected chi connectivity index (χ3v) is 6.40. The van der Waals surface area contributed by atoms with Crippen LogP contribution >= 0.6 is 11.6 Å². The van der Waals surface area contributed by atoms with Crippen molar-refractivity contribution in [3.05, 3.63) is 53.6 Å². The van der Waals surface area contributed by atoms with Crippen LogP contribution in [0.4, 0.5) is 21.9 Å². The molecule has 3 N–H and O–H groups in total. The van der Waals surface area contributed by atoms with E-state index in [0.717, 1.165) is 43.7 Å². The molecule has 2 saturated heterocycles. The van der Waals surface area contributed by atoms with Crippen molar-refractivity contribution in [2.75, 3.05) is 41.4 Å². The fraction of sp³-hybridized carbons (Fsp3) is 0.417. The summed E-state index contributed by atoms with van der Waals surface area (Å²) in [6.07, 6.45) is 3.55. The molecule has 2 aliphatic heterocycles. The van der Waals surface area contributed by atoms with E-state index in [1.54, 1.807) is 29.2 Å². The van der Waals surface area contributed by atoms with Crippen LogP contribution in [0.2, 0.25) is 5.02 Å². The Kier molecular flexibility index (Phi) is 7.17. The van der Waals surface area contributed by atoms with Gasteiger partial charge in [0.2, 0.25) is 5.91 Å². The van der Waals surface area contributed by atoms with E-state index in [9.17, 15) is 14.7 Å². The molecule has 1 unspecified atom stereocenters. The lowest BCUT2D eigenvalue weighted by Crippen LogP contribution is -2.53. The molecular formula is C24H29ClN4O3. The van der Waals surface area contributed by atoms with Crippen LogP contribution in [0.1, 0.15) is 25.7 Å². The quantitative estimate of drug-likeness (QED) is 0.637. The number of benzene rings is 2. The van der Waals surface area contributed by atoms with Crippen molar-refractivity contribution in [2.45, 2.75) is 31.7 Å². The number of halogens is 1. The SMILES string of the molecule is O=C(Nc1ccc(Cl)cc1)N[C@@H]1CCCN(c2ccc(N3CCCC(CO)C3)cc2)C1=O. The lowest BCUT2D eigenvalue weighted by Gasteiger charge is -2.35. The molecule has 2 aromatic rings. The van der Waals surface area contributed by atoms with Gasteiger partial charge in [-0.2, -0.15) is 0 Å². The summed E-state index contributed by atoms with van der Waals surface area (Å²) in [6, 6.07) is 13.8. The largest absolute Gasteiger partial charge is 0.396 e. The van der Waals surface area contributed by atoms with Gasteiger partial charge < -0.3 is 25.5 Å². The van der Waals surface area contributed by atoms with E-state index in [1.807, 2.05) is 24.3 Å². The van der Waals surface area contributed by atoms with E-state index in [0.29, 0.717) is 29.6 Å². The van der Waals surface area contributed by atoms with Crippen LogP contribution in [0.3, 0.4) is 0 Å². The molecule has 0 aliphatic carbocycles. The maximum atomic E-state index is 13.1. The predicted molar refractivity (Wildman–Crippen MR) is 127 cm³/mol. The molecule has 0 radical (unpaired) electrons. The van der Waals surface area contributed by atoms with Crippen molar-refractivity contribution in [3.8, 4) is 0 Å². The average molecular weight is 457 g/mol. The van der Waals surface area contributed by atoms with E-state index < -0.39 is 12.1 Å². The van der Waals surface area contributed by atoms with Gasteiger partial charge in [-0.15, -0.1) is 0 Å². The van der Waals surface area contributed by atoms with Crippen molar-refractivity contribution in [3.63, 3.8) is 0 Å². The Morgan fingerprint density at radius 1 is 1.00 bits per heavy atom. The zero-order valence-corrected chi connectivity index (χ0v) is 18.7. The lowest BCUT2D eigenvalue weighted by molar-refractivity contribution is -0.121. The van der Waals surface area contributed by atoms with Crippen molar-refractivity contribution in [2.24, 2.45) is 5.92 Å². The van der Waals surface area contributed by atoms with Gasteiger partial charge in [-0.25, -0.2) is 4.79 Å². The van der Waals surface area contributed by atoms with Gasteiger partial charge in [0, 0.05) is 48.3 Å². The zero-order chi connectivity index (χ0) is 22.5. The predicted octanol–water partition coefficient (Wildman–Crippen LogP) is 3.87. The van der Waals surface area contributed by atoms with Gasteiger partial charge in [0.25, 0.3) is 0 Å². The minimum Gasteiger partial charge on any atom is -0.396 e. The Balaban J connectivity index is 1.37. The number of nitrogens with zero attached hydrogens (tertiary/aromatic N) is 2. The molecule has 2 aromatic carbocycles. The summed E-state index contributed by atoms with van der Waals surface area (Å²) >= 11 is 5.87. The molecule has 0 bridgehead atoms. The molecule has 2 heterocycles. The van der Waals surface area contributed by atoms with Gasteiger partial charge in [-0.05, 0) is 80.1 Å². The zero-order valence-electron chi connectivity index (χ0n) is 18.0. The molecule has 0 saturated carbocycles. The van der Waals surface area contributed by atoms with Gasteiger partial charge in [-0.1, -0.05) is 11.6 Å². The highest BCUT2D eigenvalue weighted by Crippen LogP contribution is 2.27. The number of urea groups is 1. The topological polar surface area (TPSA) is 84.9 Å². The maximum absolute atomic E-state index is 13.1. The Morgan fingerprint density at radius 3 is 2.41 bits per heavy atom. The molecule has 2 fully saturated rings. The second-order valence-electron chi connectivity index (χ2n) is 8.44. The number of rotatable bonds is 5. The number of hydrogen-bond donors (Lipinski definition) is 3. The molecule has 170 valence electrons. The molecule has 4 rings (SSSR count). The molecule has 32 heavy (non-hydrogen) atoms. The van der Waals surface area contributed by atoms with Crippen molar-refractivity contribution < 1.29 is 14.7 Å². The molecule has 0 aromatic heterocycles.